The molecule has 0 bridgehead atoms. The van der Waals surface area contributed by atoms with Gasteiger partial charge in [-0.2, -0.15) is 0 Å². The van der Waals surface area contributed by atoms with Crippen molar-refractivity contribution in [3.8, 4) is 5.69 Å². The minimum atomic E-state index is -0.734. The average molecular weight is 262 g/mol. The van der Waals surface area contributed by atoms with Gasteiger partial charge in [-0.05, 0) is 6.07 Å². The van der Waals surface area contributed by atoms with Crippen LogP contribution >= 0.6 is 0 Å². The summed E-state index contributed by atoms with van der Waals surface area (Å²) in [5.74, 6) is -0.734. The van der Waals surface area contributed by atoms with Gasteiger partial charge in [0.25, 0.3) is 5.69 Å². The van der Waals surface area contributed by atoms with Crippen molar-refractivity contribution < 1.29 is 14.5 Å². The number of nitrogen functional groups attached to an aromatic ring is 1. The number of hydrogen-bond donors (Lipinski definition) is 1. The second kappa shape index (κ2) is 4.77. The topological polar surface area (TPSA) is 113 Å². The van der Waals surface area contributed by atoms with Crippen molar-refractivity contribution in [3.05, 3.63) is 46.5 Å². The maximum Gasteiger partial charge on any atom is 0.340 e. The number of carbonyl (C=O) groups is 1. The Labute approximate surface area is 107 Å². The maximum atomic E-state index is 11.6. The summed E-state index contributed by atoms with van der Waals surface area (Å²) in [6, 6.07) is 2.68. The van der Waals surface area contributed by atoms with E-state index in [1.807, 2.05) is 0 Å². The highest BCUT2D eigenvalue weighted by Crippen LogP contribution is 2.29. The van der Waals surface area contributed by atoms with E-state index in [1.165, 1.54) is 36.3 Å². The number of esters is 1. The molecule has 98 valence electrons. The Hall–Kier alpha value is -2.90. The van der Waals surface area contributed by atoms with Crippen LogP contribution in [0.25, 0.3) is 5.69 Å². The predicted molar refractivity (Wildman–Crippen MR) is 66.0 cm³/mol. The van der Waals surface area contributed by atoms with Crippen LogP contribution in [0.2, 0.25) is 0 Å². The third-order valence-electron chi connectivity index (χ3n) is 2.55. The number of imidazole rings is 1. The second-order valence-electron chi connectivity index (χ2n) is 3.64. The number of carbonyl (C=O) groups excluding carboxylic acids is 1. The van der Waals surface area contributed by atoms with Gasteiger partial charge in [0, 0.05) is 18.5 Å². The summed E-state index contributed by atoms with van der Waals surface area (Å²) >= 11 is 0. The molecule has 1 aromatic carbocycles. The number of aromatic nitrogens is 2. The predicted octanol–water partition coefficient (Wildman–Crippen LogP) is 1.15. The molecule has 2 N–H and O–H groups in total. The monoisotopic (exact) mass is 262 g/mol. The first-order valence-electron chi connectivity index (χ1n) is 5.19. The zero-order valence-corrected chi connectivity index (χ0v) is 9.94. The van der Waals surface area contributed by atoms with Gasteiger partial charge in [0.1, 0.15) is 5.69 Å². The van der Waals surface area contributed by atoms with Crippen LogP contribution in [0.15, 0.2) is 30.9 Å². The first-order valence-corrected chi connectivity index (χ1v) is 5.19. The van der Waals surface area contributed by atoms with Gasteiger partial charge in [0.2, 0.25) is 0 Å². The zero-order valence-electron chi connectivity index (χ0n) is 9.94. The summed E-state index contributed by atoms with van der Waals surface area (Å²) in [5, 5.41) is 11.0. The Morgan fingerprint density at radius 1 is 1.53 bits per heavy atom. The Balaban J connectivity index is 2.67. The molecule has 0 fully saturated rings. The summed E-state index contributed by atoms with van der Waals surface area (Å²) in [6.07, 6.45) is 4.56. The van der Waals surface area contributed by atoms with Crippen LogP contribution in [0.1, 0.15) is 10.4 Å². The van der Waals surface area contributed by atoms with Crippen molar-refractivity contribution in [2.45, 2.75) is 0 Å². The molecule has 1 heterocycles. The number of nitro benzene ring substituents is 1. The van der Waals surface area contributed by atoms with E-state index in [2.05, 4.69) is 9.72 Å². The molecule has 0 amide bonds. The van der Waals surface area contributed by atoms with E-state index in [-0.39, 0.29) is 16.9 Å². The van der Waals surface area contributed by atoms with E-state index in [0.29, 0.717) is 5.69 Å². The lowest BCUT2D eigenvalue weighted by Gasteiger charge is -2.08. The number of ether oxygens (including phenoxy) is 1. The third-order valence-corrected chi connectivity index (χ3v) is 2.55. The number of nitrogens with two attached hydrogens (primary N) is 1. The molecule has 0 saturated carbocycles. The van der Waals surface area contributed by atoms with Crippen molar-refractivity contribution >= 4 is 17.3 Å². The Morgan fingerprint density at radius 2 is 2.26 bits per heavy atom. The molecule has 0 unspecified atom stereocenters. The fraction of sp³-hybridized carbons (Fsp3) is 0.0909. The fourth-order valence-corrected chi connectivity index (χ4v) is 1.61. The molecule has 8 heteroatoms. The van der Waals surface area contributed by atoms with Gasteiger partial charge < -0.3 is 15.0 Å². The number of nitro groups is 1. The number of hydrogen-bond acceptors (Lipinski definition) is 6. The first-order chi connectivity index (χ1) is 9.04. The average Bonchev–Trinajstić information content (AvgIpc) is 2.91. The molecule has 2 aromatic rings. The molecular weight excluding hydrogens is 252 g/mol. The summed E-state index contributed by atoms with van der Waals surface area (Å²) in [7, 11) is 1.18. The van der Waals surface area contributed by atoms with Crippen LogP contribution in [0.5, 0.6) is 0 Å². The highest BCUT2D eigenvalue weighted by Gasteiger charge is 2.22. The van der Waals surface area contributed by atoms with E-state index in [9.17, 15) is 14.9 Å². The summed E-state index contributed by atoms with van der Waals surface area (Å²) in [4.78, 5) is 25.7. The molecule has 19 heavy (non-hydrogen) atoms. The largest absolute Gasteiger partial charge is 0.465 e. The zero-order chi connectivity index (χ0) is 14.0. The molecule has 2 rings (SSSR count). The summed E-state index contributed by atoms with van der Waals surface area (Å²) in [6.45, 7) is 0. The normalized spacial score (nSPS) is 10.2. The summed E-state index contributed by atoms with van der Waals surface area (Å²) in [5.41, 5.74) is 5.39. The maximum absolute atomic E-state index is 11.6. The van der Waals surface area contributed by atoms with Crippen LogP contribution in [-0.2, 0) is 4.74 Å². The van der Waals surface area contributed by atoms with Gasteiger partial charge in [-0.25, -0.2) is 9.78 Å². The second-order valence-corrected chi connectivity index (χ2v) is 3.64. The number of benzene rings is 1. The van der Waals surface area contributed by atoms with Gasteiger partial charge in [-0.15, -0.1) is 0 Å². The number of anilines is 1. The third kappa shape index (κ3) is 2.23. The number of methoxy groups -OCH3 is 1. The molecule has 0 aliphatic heterocycles. The lowest BCUT2D eigenvalue weighted by molar-refractivity contribution is -0.383. The van der Waals surface area contributed by atoms with Crippen LogP contribution in [0.4, 0.5) is 11.4 Å². The van der Waals surface area contributed by atoms with Crippen molar-refractivity contribution in [1.29, 1.82) is 0 Å². The van der Waals surface area contributed by atoms with Crippen LogP contribution in [-0.4, -0.2) is 27.6 Å². The van der Waals surface area contributed by atoms with E-state index >= 15 is 0 Å². The molecule has 0 saturated heterocycles. The van der Waals surface area contributed by atoms with Gasteiger partial charge in [0.05, 0.1) is 29.6 Å². The lowest BCUT2D eigenvalue weighted by atomic mass is 10.1. The molecule has 0 aliphatic rings. The molecule has 1 aromatic heterocycles. The van der Waals surface area contributed by atoms with Crippen LogP contribution < -0.4 is 5.73 Å². The molecule has 0 atom stereocenters. The van der Waals surface area contributed by atoms with Gasteiger partial charge in [0.15, 0.2) is 0 Å². The van der Waals surface area contributed by atoms with Crippen LogP contribution in [0.3, 0.4) is 0 Å². The quantitative estimate of drug-likeness (QED) is 0.384. The number of nitrogens with zero attached hydrogens (tertiary/aromatic N) is 3. The summed E-state index contributed by atoms with van der Waals surface area (Å²) < 4.78 is 6.08. The van der Waals surface area contributed by atoms with E-state index in [4.69, 9.17) is 5.73 Å². The standard InChI is InChI=1S/C11H10N4O4/c1-19-11(16)8-4-7(14-3-2-13-6-14)5-9(10(8)12)15(17)18/h2-6H,12H2,1H3. The lowest BCUT2D eigenvalue weighted by Crippen LogP contribution is -2.09. The Morgan fingerprint density at radius 3 is 2.79 bits per heavy atom. The SMILES string of the molecule is COC(=O)c1cc(-n2ccnc2)cc([N+](=O)[O-])c1N. The highest BCUT2D eigenvalue weighted by atomic mass is 16.6. The van der Waals surface area contributed by atoms with Gasteiger partial charge in [-0.1, -0.05) is 0 Å². The Kier molecular flexibility index (Phi) is 3.15. The molecule has 0 aliphatic carbocycles. The number of rotatable bonds is 3. The molecule has 0 spiro atoms. The van der Waals surface area contributed by atoms with Crippen molar-refractivity contribution in [1.82, 2.24) is 9.55 Å². The fourth-order valence-electron chi connectivity index (χ4n) is 1.61. The molecule has 8 nitrogen and oxygen atoms in total. The smallest absolute Gasteiger partial charge is 0.340 e. The van der Waals surface area contributed by atoms with Gasteiger partial charge in [-0.3, -0.25) is 10.1 Å². The van der Waals surface area contributed by atoms with E-state index < -0.39 is 10.9 Å². The minimum absolute atomic E-state index is 0.0552. The first kappa shape index (κ1) is 12.6. The van der Waals surface area contributed by atoms with E-state index in [0.717, 1.165) is 0 Å². The minimum Gasteiger partial charge on any atom is -0.465 e. The van der Waals surface area contributed by atoms with Crippen molar-refractivity contribution in [2.24, 2.45) is 0 Å². The highest BCUT2D eigenvalue weighted by molar-refractivity contribution is 5.98. The van der Waals surface area contributed by atoms with Crippen molar-refractivity contribution in [2.75, 3.05) is 12.8 Å². The Bertz CT molecular complexity index is 636. The van der Waals surface area contributed by atoms with E-state index in [1.54, 1.807) is 6.20 Å². The molecule has 0 radical (unpaired) electrons. The van der Waals surface area contributed by atoms with Crippen molar-refractivity contribution in [3.63, 3.8) is 0 Å². The molecular formula is C11H10N4O4. The van der Waals surface area contributed by atoms with Crippen LogP contribution in [0, 0.1) is 10.1 Å². The van der Waals surface area contributed by atoms with Gasteiger partial charge >= 0.3 is 5.97 Å².